The third-order valence-corrected chi connectivity index (χ3v) is 2.07. The zero-order chi connectivity index (χ0) is 12.3. The Bertz CT molecular complexity index is 493. The molecule has 2 rings (SSSR count). The second-order valence-electron chi connectivity index (χ2n) is 3.51. The van der Waals surface area contributed by atoms with Crippen LogP contribution >= 0.6 is 0 Å². The van der Waals surface area contributed by atoms with Crippen molar-refractivity contribution in [1.29, 1.82) is 0 Å². The third kappa shape index (κ3) is 2.77. The summed E-state index contributed by atoms with van der Waals surface area (Å²) in [6.07, 6.45) is 0.909. The van der Waals surface area contributed by atoms with Gasteiger partial charge in [-0.05, 0) is 18.6 Å². The number of nitrogens with one attached hydrogen (secondary N) is 1. The van der Waals surface area contributed by atoms with Crippen molar-refractivity contribution in [3.05, 3.63) is 29.8 Å². The summed E-state index contributed by atoms with van der Waals surface area (Å²) in [7, 11) is 0. The molecule has 90 valence electrons. The van der Waals surface area contributed by atoms with Crippen molar-refractivity contribution in [2.24, 2.45) is 0 Å². The van der Waals surface area contributed by atoms with Crippen LogP contribution in [0.15, 0.2) is 22.7 Å². The summed E-state index contributed by atoms with van der Waals surface area (Å²) >= 11 is 0. The van der Waals surface area contributed by atoms with Gasteiger partial charge in [-0.2, -0.15) is 4.98 Å². The largest absolute Gasteiger partial charge is 0.338 e. The van der Waals surface area contributed by atoms with E-state index in [-0.39, 0.29) is 17.4 Å². The highest BCUT2D eigenvalue weighted by Gasteiger charge is 2.10. The second-order valence-corrected chi connectivity index (χ2v) is 3.51. The van der Waals surface area contributed by atoms with E-state index in [1.165, 1.54) is 0 Å². The van der Waals surface area contributed by atoms with Crippen LogP contribution in [0.5, 0.6) is 0 Å². The number of halogens is 2. The maximum atomic E-state index is 13.0. The quantitative estimate of drug-likeness (QED) is 0.891. The lowest BCUT2D eigenvalue weighted by Gasteiger charge is -1.96. The molecule has 17 heavy (non-hydrogen) atoms. The molecule has 0 saturated carbocycles. The van der Waals surface area contributed by atoms with Gasteiger partial charge in [0.2, 0.25) is 5.82 Å². The van der Waals surface area contributed by atoms with Gasteiger partial charge in [-0.15, -0.1) is 0 Å². The minimum absolute atomic E-state index is 0.155. The lowest BCUT2D eigenvalue weighted by molar-refractivity contribution is 0.432. The van der Waals surface area contributed by atoms with E-state index in [0.717, 1.165) is 24.6 Å². The number of anilines is 1. The lowest BCUT2D eigenvalue weighted by atomic mass is 10.2. The molecular weight excluding hydrogens is 228 g/mol. The molecule has 0 aliphatic heterocycles. The third-order valence-electron chi connectivity index (χ3n) is 2.07. The summed E-state index contributed by atoms with van der Waals surface area (Å²) in [6.45, 7) is 2.69. The molecule has 2 aromatic rings. The summed E-state index contributed by atoms with van der Waals surface area (Å²) in [5, 5.41) is 6.53. The molecule has 0 fully saturated rings. The Kier molecular flexibility index (Phi) is 3.32. The molecule has 1 N–H and O–H groups in total. The first-order valence-electron chi connectivity index (χ1n) is 5.23. The topological polar surface area (TPSA) is 51.0 Å². The molecular formula is C11H11F2N3O. The summed E-state index contributed by atoms with van der Waals surface area (Å²) in [4.78, 5) is 3.98. The molecule has 1 aromatic heterocycles. The maximum Gasteiger partial charge on any atom is 0.321 e. The van der Waals surface area contributed by atoms with Crippen LogP contribution < -0.4 is 5.32 Å². The first kappa shape index (κ1) is 11.5. The van der Waals surface area contributed by atoms with Gasteiger partial charge in [-0.1, -0.05) is 12.1 Å². The monoisotopic (exact) mass is 239 g/mol. The molecule has 0 spiro atoms. The Morgan fingerprint density at radius 3 is 2.59 bits per heavy atom. The molecule has 0 atom stereocenters. The van der Waals surface area contributed by atoms with Gasteiger partial charge in [-0.25, -0.2) is 8.78 Å². The van der Waals surface area contributed by atoms with Crippen molar-refractivity contribution >= 4 is 6.01 Å². The van der Waals surface area contributed by atoms with Crippen LogP contribution in [-0.2, 0) is 0 Å². The predicted molar refractivity (Wildman–Crippen MR) is 58.4 cm³/mol. The Morgan fingerprint density at radius 1 is 1.24 bits per heavy atom. The molecule has 6 heteroatoms. The molecule has 4 nitrogen and oxygen atoms in total. The smallest absolute Gasteiger partial charge is 0.321 e. The van der Waals surface area contributed by atoms with Crippen LogP contribution in [-0.4, -0.2) is 16.7 Å². The summed E-state index contributed by atoms with van der Waals surface area (Å²) < 4.78 is 30.8. The maximum absolute atomic E-state index is 13.0. The number of benzene rings is 1. The zero-order valence-electron chi connectivity index (χ0n) is 9.20. The van der Waals surface area contributed by atoms with Gasteiger partial charge in [0, 0.05) is 18.2 Å². The highest BCUT2D eigenvalue weighted by Crippen LogP contribution is 2.19. The fourth-order valence-electron chi connectivity index (χ4n) is 1.33. The van der Waals surface area contributed by atoms with E-state index < -0.39 is 11.6 Å². The molecule has 0 bridgehead atoms. The minimum atomic E-state index is -0.673. The van der Waals surface area contributed by atoms with E-state index in [2.05, 4.69) is 15.5 Å². The van der Waals surface area contributed by atoms with Gasteiger partial charge < -0.3 is 9.84 Å². The number of hydrogen-bond donors (Lipinski definition) is 1. The van der Waals surface area contributed by atoms with E-state index >= 15 is 0 Å². The molecule has 0 aliphatic carbocycles. The lowest BCUT2D eigenvalue weighted by Crippen LogP contribution is -1.99. The SMILES string of the molecule is CCCNc1nc(-c2cc(F)cc(F)c2)no1. The molecule has 0 aliphatic rings. The van der Waals surface area contributed by atoms with Crippen molar-refractivity contribution in [1.82, 2.24) is 10.1 Å². The van der Waals surface area contributed by atoms with Crippen LogP contribution in [0.1, 0.15) is 13.3 Å². The van der Waals surface area contributed by atoms with Crippen molar-refractivity contribution < 1.29 is 13.3 Å². The van der Waals surface area contributed by atoms with Crippen molar-refractivity contribution in [3.8, 4) is 11.4 Å². The Balaban J connectivity index is 2.24. The molecule has 0 unspecified atom stereocenters. The Morgan fingerprint density at radius 2 is 1.94 bits per heavy atom. The predicted octanol–water partition coefficient (Wildman–Crippen LogP) is 2.84. The van der Waals surface area contributed by atoms with E-state index in [0.29, 0.717) is 6.54 Å². The van der Waals surface area contributed by atoms with Gasteiger partial charge >= 0.3 is 6.01 Å². The van der Waals surface area contributed by atoms with E-state index in [9.17, 15) is 8.78 Å². The Hall–Kier alpha value is -1.98. The van der Waals surface area contributed by atoms with E-state index in [1.54, 1.807) is 0 Å². The van der Waals surface area contributed by atoms with Crippen LogP contribution in [0.2, 0.25) is 0 Å². The van der Waals surface area contributed by atoms with Crippen molar-refractivity contribution in [2.75, 3.05) is 11.9 Å². The molecule has 0 saturated heterocycles. The number of aromatic nitrogens is 2. The highest BCUT2D eigenvalue weighted by molar-refractivity contribution is 5.55. The molecule has 0 amide bonds. The summed E-state index contributed by atoms with van der Waals surface area (Å²) in [5.41, 5.74) is 0.246. The first-order valence-corrected chi connectivity index (χ1v) is 5.23. The Labute approximate surface area is 96.6 Å². The van der Waals surface area contributed by atoms with E-state index in [1.807, 2.05) is 6.92 Å². The fraction of sp³-hybridized carbons (Fsp3) is 0.273. The standard InChI is InChI=1S/C11H11F2N3O/c1-2-3-14-11-15-10(16-17-11)7-4-8(12)6-9(13)5-7/h4-6H,2-3H2,1H3,(H,14,15,16). The molecule has 1 heterocycles. The van der Waals surface area contributed by atoms with Gasteiger partial charge in [0.05, 0.1) is 0 Å². The number of hydrogen-bond acceptors (Lipinski definition) is 4. The van der Waals surface area contributed by atoms with E-state index in [4.69, 9.17) is 4.52 Å². The second kappa shape index (κ2) is 4.90. The van der Waals surface area contributed by atoms with Crippen molar-refractivity contribution in [3.63, 3.8) is 0 Å². The van der Waals surface area contributed by atoms with Gasteiger partial charge in [-0.3, -0.25) is 0 Å². The van der Waals surface area contributed by atoms with Crippen LogP contribution in [0, 0.1) is 11.6 Å². The van der Waals surface area contributed by atoms with Crippen LogP contribution in [0.4, 0.5) is 14.8 Å². The van der Waals surface area contributed by atoms with Crippen LogP contribution in [0.25, 0.3) is 11.4 Å². The highest BCUT2D eigenvalue weighted by atomic mass is 19.1. The van der Waals surface area contributed by atoms with Gasteiger partial charge in [0.1, 0.15) is 11.6 Å². The number of rotatable bonds is 4. The fourth-order valence-corrected chi connectivity index (χ4v) is 1.33. The average Bonchev–Trinajstić information content (AvgIpc) is 2.73. The first-order chi connectivity index (χ1) is 8.19. The average molecular weight is 239 g/mol. The summed E-state index contributed by atoms with van der Waals surface area (Å²) in [5.74, 6) is -1.19. The minimum Gasteiger partial charge on any atom is -0.338 e. The van der Waals surface area contributed by atoms with Crippen LogP contribution in [0.3, 0.4) is 0 Å². The molecule has 1 aromatic carbocycles. The zero-order valence-corrected chi connectivity index (χ0v) is 9.20. The normalized spacial score (nSPS) is 10.5. The van der Waals surface area contributed by atoms with Gasteiger partial charge in [0.25, 0.3) is 0 Å². The molecule has 0 radical (unpaired) electrons. The van der Waals surface area contributed by atoms with Crippen molar-refractivity contribution in [2.45, 2.75) is 13.3 Å². The number of nitrogens with zero attached hydrogens (tertiary/aromatic N) is 2. The summed E-state index contributed by atoms with van der Waals surface area (Å²) in [6, 6.07) is 3.33. The van der Waals surface area contributed by atoms with Gasteiger partial charge in [0.15, 0.2) is 0 Å².